The highest BCUT2D eigenvalue weighted by Crippen LogP contribution is 2.16. The monoisotopic (exact) mass is 331 g/mol. The Hall–Kier alpha value is -1.59. The second-order valence-corrected chi connectivity index (χ2v) is 6.95. The van der Waals surface area contributed by atoms with E-state index in [4.69, 9.17) is 4.74 Å². The van der Waals surface area contributed by atoms with E-state index < -0.39 is 0 Å². The highest BCUT2D eigenvalue weighted by molar-refractivity contribution is 5.79. The third-order valence-electron chi connectivity index (χ3n) is 4.95. The Kier molecular flexibility index (Phi) is 6.10. The van der Waals surface area contributed by atoms with E-state index in [9.17, 15) is 4.79 Å². The molecule has 2 fully saturated rings. The van der Waals surface area contributed by atoms with Gasteiger partial charge in [0.1, 0.15) is 0 Å². The van der Waals surface area contributed by atoms with Crippen LogP contribution in [0.5, 0.6) is 0 Å². The molecule has 132 valence electrons. The normalized spacial score (nSPS) is 23.7. The van der Waals surface area contributed by atoms with Crippen molar-refractivity contribution < 1.29 is 9.53 Å². The predicted molar refractivity (Wildman–Crippen MR) is 96.2 cm³/mol. The molecule has 2 heterocycles. The van der Waals surface area contributed by atoms with Crippen molar-refractivity contribution in [3.05, 3.63) is 30.3 Å². The average Bonchev–Trinajstić information content (AvgIpc) is 2.64. The van der Waals surface area contributed by atoms with Crippen LogP contribution in [0.1, 0.15) is 19.8 Å². The summed E-state index contributed by atoms with van der Waals surface area (Å²) in [6.07, 6.45) is 1.95. The zero-order valence-electron chi connectivity index (χ0n) is 14.6. The van der Waals surface area contributed by atoms with E-state index in [0.717, 1.165) is 52.2 Å². The number of nitrogens with zero attached hydrogens (tertiary/aromatic N) is 2. The van der Waals surface area contributed by atoms with Gasteiger partial charge >= 0.3 is 0 Å². The average molecular weight is 331 g/mol. The molecule has 1 amide bonds. The Balaban J connectivity index is 1.40. The molecule has 2 atom stereocenters. The number of rotatable bonds is 5. The van der Waals surface area contributed by atoms with Crippen LogP contribution in [-0.2, 0) is 9.53 Å². The number of ether oxygens (including phenoxy) is 1. The number of amides is 1. The van der Waals surface area contributed by atoms with Gasteiger partial charge in [-0.1, -0.05) is 18.2 Å². The van der Waals surface area contributed by atoms with Crippen molar-refractivity contribution in [1.82, 2.24) is 10.2 Å². The summed E-state index contributed by atoms with van der Waals surface area (Å²) >= 11 is 0. The fourth-order valence-corrected chi connectivity index (χ4v) is 3.57. The lowest BCUT2D eigenvalue weighted by Crippen LogP contribution is -2.51. The summed E-state index contributed by atoms with van der Waals surface area (Å²) in [5.74, 6) is 0.196. The second-order valence-electron chi connectivity index (χ2n) is 6.95. The smallest absolute Gasteiger partial charge is 0.225 e. The van der Waals surface area contributed by atoms with Gasteiger partial charge in [0, 0.05) is 51.1 Å². The van der Waals surface area contributed by atoms with Gasteiger partial charge < -0.3 is 15.0 Å². The number of benzene rings is 1. The third-order valence-corrected chi connectivity index (χ3v) is 4.95. The number of hydrogen-bond donors (Lipinski definition) is 1. The van der Waals surface area contributed by atoms with Gasteiger partial charge in [-0.3, -0.25) is 9.69 Å². The first-order valence-electron chi connectivity index (χ1n) is 9.13. The van der Waals surface area contributed by atoms with Crippen LogP contribution in [0.25, 0.3) is 0 Å². The molecule has 0 aliphatic carbocycles. The van der Waals surface area contributed by atoms with Crippen molar-refractivity contribution in [1.29, 1.82) is 0 Å². The van der Waals surface area contributed by atoms with E-state index >= 15 is 0 Å². The van der Waals surface area contributed by atoms with Gasteiger partial charge in [-0.15, -0.1) is 0 Å². The van der Waals surface area contributed by atoms with Crippen molar-refractivity contribution in [2.75, 3.05) is 50.8 Å². The maximum absolute atomic E-state index is 12.3. The minimum Gasteiger partial charge on any atom is -0.381 e. The second kappa shape index (κ2) is 8.49. The molecule has 1 N–H and O–H groups in total. The summed E-state index contributed by atoms with van der Waals surface area (Å²) < 4.78 is 5.41. The molecule has 24 heavy (non-hydrogen) atoms. The molecule has 1 aromatic rings. The van der Waals surface area contributed by atoms with E-state index in [1.165, 1.54) is 5.69 Å². The lowest BCUT2D eigenvalue weighted by Gasteiger charge is -2.37. The topological polar surface area (TPSA) is 44.8 Å². The predicted octanol–water partition coefficient (Wildman–Crippen LogP) is 1.74. The van der Waals surface area contributed by atoms with Crippen molar-refractivity contribution in [3.63, 3.8) is 0 Å². The molecule has 0 bridgehead atoms. The van der Waals surface area contributed by atoms with Crippen LogP contribution in [-0.4, -0.2) is 62.8 Å². The quantitative estimate of drug-likeness (QED) is 0.893. The van der Waals surface area contributed by atoms with Crippen LogP contribution in [0.4, 0.5) is 5.69 Å². The number of carbonyl (C=O) groups is 1. The molecule has 2 aliphatic rings. The Morgan fingerprint density at radius 1 is 1.25 bits per heavy atom. The molecule has 0 aromatic heterocycles. The lowest BCUT2D eigenvalue weighted by molar-refractivity contribution is -0.129. The molecule has 2 saturated heterocycles. The Morgan fingerprint density at radius 3 is 2.67 bits per heavy atom. The zero-order chi connectivity index (χ0) is 16.8. The number of carbonyl (C=O) groups excluding carboxylic acids is 1. The van der Waals surface area contributed by atoms with Crippen molar-refractivity contribution in [2.24, 2.45) is 5.92 Å². The van der Waals surface area contributed by atoms with E-state index in [2.05, 4.69) is 52.4 Å². The highest BCUT2D eigenvalue weighted by Gasteiger charge is 2.24. The van der Waals surface area contributed by atoms with E-state index in [0.29, 0.717) is 6.61 Å². The van der Waals surface area contributed by atoms with Gasteiger partial charge in [-0.2, -0.15) is 0 Å². The van der Waals surface area contributed by atoms with Gasteiger partial charge in [-0.05, 0) is 31.9 Å². The molecule has 1 aromatic carbocycles. The maximum atomic E-state index is 12.3. The highest BCUT2D eigenvalue weighted by atomic mass is 16.5. The Labute approximate surface area is 145 Å². The summed E-state index contributed by atoms with van der Waals surface area (Å²) in [4.78, 5) is 17.1. The zero-order valence-corrected chi connectivity index (χ0v) is 14.6. The summed E-state index contributed by atoms with van der Waals surface area (Å²) in [6, 6.07) is 10.8. The molecule has 0 radical (unpaired) electrons. The first-order chi connectivity index (χ1) is 11.7. The minimum absolute atomic E-state index is 0.0381. The van der Waals surface area contributed by atoms with Crippen LogP contribution in [0.15, 0.2) is 30.3 Å². The first-order valence-corrected chi connectivity index (χ1v) is 9.13. The van der Waals surface area contributed by atoms with Crippen LogP contribution >= 0.6 is 0 Å². The third kappa shape index (κ3) is 4.71. The lowest BCUT2D eigenvalue weighted by atomic mass is 10.0. The molecular formula is C19H29N3O2. The molecule has 2 aliphatic heterocycles. The molecule has 0 spiro atoms. The van der Waals surface area contributed by atoms with Crippen LogP contribution < -0.4 is 10.2 Å². The largest absolute Gasteiger partial charge is 0.381 e. The van der Waals surface area contributed by atoms with Crippen LogP contribution in [0.2, 0.25) is 0 Å². The summed E-state index contributed by atoms with van der Waals surface area (Å²) in [7, 11) is 0. The molecule has 5 heteroatoms. The molecule has 0 saturated carbocycles. The Bertz CT molecular complexity index is 509. The van der Waals surface area contributed by atoms with E-state index in [-0.39, 0.29) is 17.9 Å². The first kappa shape index (κ1) is 17.2. The SMILES string of the molecule is C[C@@H](CN1CCN(c2ccccc2)CC1)NC(=O)[C@H]1CCCOC1. The number of hydrogen-bond acceptors (Lipinski definition) is 4. The molecule has 3 rings (SSSR count). The van der Waals surface area contributed by atoms with E-state index in [1.54, 1.807) is 0 Å². The number of anilines is 1. The molecule has 0 unspecified atom stereocenters. The van der Waals surface area contributed by atoms with Crippen molar-refractivity contribution >= 4 is 11.6 Å². The number of nitrogens with one attached hydrogen (secondary N) is 1. The number of piperazine rings is 1. The van der Waals surface area contributed by atoms with Crippen molar-refractivity contribution in [3.8, 4) is 0 Å². The van der Waals surface area contributed by atoms with E-state index in [1.807, 2.05) is 0 Å². The Morgan fingerprint density at radius 2 is 2.00 bits per heavy atom. The van der Waals surface area contributed by atoms with Crippen LogP contribution in [0, 0.1) is 5.92 Å². The van der Waals surface area contributed by atoms with Gasteiger partial charge in [0.25, 0.3) is 0 Å². The van der Waals surface area contributed by atoms with Gasteiger partial charge in [0.05, 0.1) is 12.5 Å². The van der Waals surface area contributed by atoms with Crippen LogP contribution in [0.3, 0.4) is 0 Å². The van der Waals surface area contributed by atoms with Gasteiger partial charge in [-0.25, -0.2) is 0 Å². The maximum Gasteiger partial charge on any atom is 0.225 e. The van der Waals surface area contributed by atoms with Gasteiger partial charge in [0.15, 0.2) is 0 Å². The summed E-state index contributed by atoms with van der Waals surface area (Å²) in [5, 5.41) is 3.17. The molecular weight excluding hydrogens is 302 g/mol. The summed E-state index contributed by atoms with van der Waals surface area (Å²) in [6.45, 7) is 8.57. The fraction of sp³-hybridized carbons (Fsp3) is 0.632. The number of para-hydroxylation sites is 1. The van der Waals surface area contributed by atoms with Crippen molar-refractivity contribution in [2.45, 2.75) is 25.8 Å². The standard InChI is InChI=1S/C19H29N3O2/c1-16(20-19(23)17-6-5-13-24-15-17)14-21-9-11-22(12-10-21)18-7-3-2-4-8-18/h2-4,7-8,16-17H,5-6,9-15H2,1H3,(H,20,23)/t16-,17-/m0/s1. The molecule has 5 nitrogen and oxygen atoms in total. The van der Waals surface area contributed by atoms with Gasteiger partial charge in [0.2, 0.25) is 5.91 Å². The fourth-order valence-electron chi connectivity index (χ4n) is 3.57. The minimum atomic E-state index is 0.0381. The summed E-state index contributed by atoms with van der Waals surface area (Å²) in [5.41, 5.74) is 1.30.